The zero-order valence-electron chi connectivity index (χ0n) is 12.0. The molecule has 2 N–H and O–H groups in total. The Morgan fingerprint density at radius 2 is 1.79 bits per heavy atom. The van der Waals surface area contributed by atoms with Crippen LogP contribution in [0.5, 0.6) is 0 Å². The maximum Gasteiger partial charge on any atom is 0.274 e. The minimum Gasteiger partial charge on any atom is -0.395 e. The summed E-state index contributed by atoms with van der Waals surface area (Å²) >= 11 is 0. The van der Waals surface area contributed by atoms with E-state index < -0.39 is 0 Å². The number of anilines is 1. The van der Waals surface area contributed by atoms with Crippen LogP contribution in [-0.2, 0) is 6.54 Å². The fourth-order valence-corrected chi connectivity index (χ4v) is 2.65. The molecule has 1 saturated heterocycles. The van der Waals surface area contributed by atoms with Crippen LogP contribution in [-0.4, -0.2) is 33.7 Å². The third kappa shape index (κ3) is 2.91. The molecule has 0 spiro atoms. The molecule has 5 heteroatoms. The molecule has 0 unspecified atom stereocenters. The van der Waals surface area contributed by atoms with Gasteiger partial charge in [-0.25, -0.2) is 0 Å². The van der Waals surface area contributed by atoms with Crippen LogP contribution in [0.2, 0.25) is 0 Å². The number of amides is 1. The Balaban J connectivity index is 2.22. The van der Waals surface area contributed by atoms with Crippen molar-refractivity contribution in [2.24, 2.45) is 0 Å². The van der Waals surface area contributed by atoms with E-state index >= 15 is 0 Å². The van der Waals surface area contributed by atoms with E-state index in [1.165, 1.54) is 19.3 Å². The number of likely N-dealkylation sites (tertiary alicyclic amines) is 1. The van der Waals surface area contributed by atoms with Crippen LogP contribution in [0.3, 0.4) is 0 Å². The molecule has 0 saturated carbocycles. The van der Waals surface area contributed by atoms with Gasteiger partial charge >= 0.3 is 0 Å². The molecular weight excluding hydrogens is 240 g/mol. The molecule has 0 bridgehead atoms. The molecule has 1 aromatic heterocycles. The second-order valence-corrected chi connectivity index (χ2v) is 5.22. The number of carbonyl (C=O) groups is 1. The number of aromatic nitrogens is 2. The average molecular weight is 264 g/mol. The van der Waals surface area contributed by atoms with Crippen molar-refractivity contribution in [1.29, 1.82) is 0 Å². The molecule has 1 aromatic rings. The minimum absolute atomic E-state index is 0.0434. The fourth-order valence-electron chi connectivity index (χ4n) is 2.65. The highest BCUT2D eigenvalue weighted by Crippen LogP contribution is 2.20. The number of carbonyl (C=O) groups excluding carboxylic acids is 1. The Kier molecular flexibility index (Phi) is 4.45. The molecule has 2 heterocycles. The molecule has 1 fully saturated rings. The normalized spacial score (nSPS) is 17.1. The highest BCUT2D eigenvalue weighted by molar-refractivity contribution is 5.98. The summed E-state index contributed by atoms with van der Waals surface area (Å²) < 4.78 is 1.73. The van der Waals surface area contributed by atoms with E-state index in [4.69, 9.17) is 5.73 Å². The SMILES string of the molecule is CCn1nc(C)c(N)c1C(=O)N1CCCCCCC1. The summed E-state index contributed by atoms with van der Waals surface area (Å²) in [6.45, 7) is 6.19. The Labute approximate surface area is 114 Å². The number of hydrogen-bond donors (Lipinski definition) is 1. The van der Waals surface area contributed by atoms with E-state index in [0.717, 1.165) is 31.6 Å². The van der Waals surface area contributed by atoms with Crippen LogP contribution in [0.25, 0.3) is 0 Å². The first-order valence-electron chi connectivity index (χ1n) is 7.27. The lowest BCUT2D eigenvalue weighted by atomic mass is 10.1. The lowest BCUT2D eigenvalue weighted by molar-refractivity contribution is 0.0731. The number of rotatable bonds is 2. The Hall–Kier alpha value is -1.52. The lowest BCUT2D eigenvalue weighted by Crippen LogP contribution is -2.35. The van der Waals surface area contributed by atoms with Gasteiger partial charge in [-0.1, -0.05) is 19.3 Å². The van der Waals surface area contributed by atoms with Crippen molar-refractivity contribution in [2.75, 3.05) is 18.8 Å². The molecule has 0 atom stereocenters. The van der Waals surface area contributed by atoms with Crippen LogP contribution < -0.4 is 5.73 Å². The number of nitrogen functional groups attached to an aromatic ring is 1. The first kappa shape index (κ1) is 13.9. The van der Waals surface area contributed by atoms with Crippen molar-refractivity contribution in [1.82, 2.24) is 14.7 Å². The average Bonchev–Trinajstić information content (AvgIpc) is 2.64. The summed E-state index contributed by atoms with van der Waals surface area (Å²) in [5.74, 6) is 0.0434. The minimum atomic E-state index is 0.0434. The largest absolute Gasteiger partial charge is 0.395 e. The van der Waals surface area contributed by atoms with Crippen LogP contribution in [0.1, 0.15) is 55.2 Å². The summed E-state index contributed by atoms with van der Waals surface area (Å²) in [5.41, 5.74) is 7.88. The Morgan fingerprint density at radius 1 is 1.21 bits per heavy atom. The monoisotopic (exact) mass is 264 g/mol. The van der Waals surface area contributed by atoms with Gasteiger partial charge in [-0.05, 0) is 26.7 Å². The second-order valence-electron chi connectivity index (χ2n) is 5.22. The molecule has 5 nitrogen and oxygen atoms in total. The van der Waals surface area contributed by atoms with E-state index in [1.807, 2.05) is 18.7 Å². The van der Waals surface area contributed by atoms with Crippen LogP contribution in [0.15, 0.2) is 0 Å². The summed E-state index contributed by atoms with van der Waals surface area (Å²) in [6, 6.07) is 0. The quantitative estimate of drug-likeness (QED) is 0.890. The third-order valence-electron chi connectivity index (χ3n) is 3.82. The number of hydrogen-bond acceptors (Lipinski definition) is 3. The van der Waals surface area contributed by atoms with Gasteiger partial charge in [0.25, 0.3) is 5.91 Å². The summed E-state index contributed by atoms with van der Waals surface area (Å²) in [5, 5.41) is 4.33. The first-order chi connectivity index (χ1) is 9.15. The van der Waals surface area contributed by atoms with Crippen molar-refractivity contribution in [3.05, 3.63) is 11.4 Å². The van der Waals surface area contributed by atoms with Crippen molar-refractivity contribution >= 4 is 11.6 Å². The van der Waals surface area contributed by atoms with Crippen LogP contribution in [0.4, 0.5) is 5.69 Å². The fraction of sp³-hybridized carbons (Fsp3) is 0.714. The summed E-state index contributed by atoms with van der Waals surface area (Å²) in [6.07, 6.45) is 5.89. The van der Waals surface area contributed by atoms with E-state index in [9.17, 15) is 4.79 Å². The van der Waals surface area contributed by atoms with E-state index in [-0.39, 0.29) is 5.91 Å². The third-order valence-corrected chi connectivity index (χ3v) is 3.82. The van der Waals surface area contributed by atoms with Crippen LogP contribution >= 0.6 is 0 Å². The lowest BCUT2D eigenvalue weighted by Gasteiger charge is -2.25. The van der Waals surface area contributed by atoms with Gasteiger partial charge < -0.3 is 10.6 Å². The Morgan fingerprint density at radius 3 is 2.37 bits per heavy atom. The molecule has 106 valence electrons. The van der Waals surface area contributed by atoms with Crippen molar-refractivity contribution in [3.63, 3.8) is 0 Å². The molecule has 0 aromatic carbocycles. The second kappa shape index (κ2) is 6.08. The number of nitrogens with two attached hydrogens (primary N) is 1. The Bertz CT molecular complexity index is 445. The highest BCUT2D eigenvalue weighted by Gasteiger charge is 2.24. The number of aryl methyl sites for hydroxylation is 2. The topological polar surface area (TPSA) is 64.2 Å². The highest BCUT2D eigenvalue weighted by atomic mass is 16.2. The molecular formula is C14H24N4O. The van der Waals surface area contributed by atoms with Crippen molar-refractivity contribution in [2.45, 2.75) is 52.5 Å². The van der Waals surface area contributed by atoms with Crippen LogP contribution in [0, 0.1) is 6.92 Å². The predicted octanol–water partition coefficient (Wildman–Crippen LogP) is 2.20. The van der Waals surface area contributed by atoms with Gasteiger partial charge in [0.2, 0.25) is 0 Å². The number of nitrogens with zero attached hydrogens (tertiary/aromatic N) is 3. The van der Waals surface area contributed by atoms with E-state index in [1.54, 1.807) is 4.68 Å². The van der Waals surface area contributed by atoms with Gasteiger partial charge in [-0.3, -0.25) is 9.48 Å². The molecule has 1 aliphatic rings. The summed E-state index contributed by atoms with van der Waals surface area (Å²) in [7, 11) is 0. The van der Waals surface area contributed by atoms with Gasteiger partial charge in [0.15, 0.2) is 0 Å². The van der Waals surface area contributed by atoms with Crippen molar-refractivity contribution in [3.8, 4) is 0 Å². The van der Waals surface area contributed by atoms with Gasteiger partial charge in [0.05, 0.1) is 11.4 Å². The van der Waals surface area contributed by atoms with E-state index in [0.29, 0.717) is 17.9 Å². The van der Waals surface area contributed by atoms with Gasteiger partial charge in [0, 0.05) is 19.6 Å². The maximum absolute atomic E-state index is 12.7. The van der Waals surface area contributed by atoms with Gasteiger partial charge in [-0.2, -0.15) is 5.10 Å². The maximum atomic E-state index is 12.7. The van der Waals surface area contributed by atoms with E-state index in [2.05, 4.69) is 5.10 Å². The molecule has 1 amide bonds. The van der Waals surface area contributed by atoms with Gasteiger partial charge in [-0.15, -0.1) is 0 Å². The molecule has 1 aliphatic heterocycles. The molecule has 0 radical (unpaired) electrons. The summed E-state index contributed by atoms with van der Waals surface area (Å²) in [4.78, 5) is 14.6. The van der Waals surface area contributed by atoms with Crippen molar-refractivity contribution < 1.29 is 4.79 Å². The zero-order chi connectivity index (χ0) is 13.8. The first-order valence-corrected chi connectivity index (χ1v) is 7.27. The zero-order valence-corrected chi connectivity index (χ0v) is 12.0. The predicted molar refractivity (Wildman–Crippen MR) is 76.0 cm³/mol. The molecule has 2 rings (SSSR count). The smallest absolute Gasteiger partial charge is 0.274 e. The molecule has 0 aliphatic carbocycles. The molecule has 19 heavy (non-hydrogen) atoms. The standard InChI is InChI=1S/C14H24N4O/c1-3-18-13(12(15)11(2)16-18)14(19)17-9-7-5-4-6-8-10-17/h3-10,15H2,1-2H3. The van der Waals surface area contributed by atoms with Gasteiger partial charge in [0.1, 0.15) is 5.69 Å².